The lowest BCUT2D eigenvalue weighted by Gasteiger charge is -2.07. The topological polar surface area (TPSA) is 37.8 Å². The SMILES string of the molecule is CCCc1cc(NC)nc(-c2ccc(F)cc2)n1. The van der Waals surface area contributed by atoms with Crippen molar-refractivity contribution < 1.29 is 4.39 Å². The first kappa shape index (κ1) is 12.5. The summed E-state index contributed by atoms with van der Waals surface area (Å²) in [6.07, 6.45) is 1.94. The average molecular weight is 245 g/mol. The number of nitrogens with zero attached hydrogens (tertiary/aromatic N) is 2. The fourth-order valence-electron chi connectivity index (χ4n) is 1.74. The third kappa shape index (κ3) is 2.83. The normalized spacial score (nSPS) is 10.4. The van der Waals surface area contributed by atoms with Crippen LogP contribution in [-0.4, -0.2) is 17.0 Å². The standard InChI is InChI=1S/C14H16FN3/c1-3-4-12-9-13(16-2)18-14(17-12)10-5-7-11(15)8-6-10/h5-9H,3-4H2,1-2H3,(H,16,17,18). The van der Waals surface area contributed by atoms with Crippen LogP contribution < -0.4 is 5.32 Å². The van der Waals surface area contributed by atoms with Gasteiger partial charge in [0.2, 0.25) is 0 Å². The smallest absolute Gasteiger partial charge is 0.161 e. The van der Waals surface area contributed by atoms with Crippen LogP contribution in [0.3, 0.4) is 0 Å². The van der Waals surface area contributed by atoms with E-state index in [0.717, 1.165) is 29.9 Å². The molecule has 0 atom stereocenters. The van der Waals surface area contributed by atoms with E-state index < -0.39 is 0 Å². The number of nitrogens with one attached hydrogen (secondary N) is 1. The number of halogens is 1. The summed E-state index contributed by atoms with van der Waals surface area (Å²) in [5, 5.41) is 3.02. The van der Waals surface area contributed by atoms with Crippen molar-refractivity contribution in [3.05, 3.63) is 41.8 Å². The minimum absolute atomic E-state index is 0.252. The predicted octanol–water partition coefficient (Wildman–Crippen LogP) is 3.28. The zero-order valence-electron chi connectivity index (χ0n) is 10.6. The van der Waals surface area contributed by atoms with Crippen LogP contribution in [0.4, 0.5) is 10.2 Å². The first-order valence-corrected chi connectivity index (χ1v) is 6.04. The first-order chi connectivity index (χ1) is 8.72. The summed E-state index contributed by atoms with van der Waals surface area (Å²) in [6.45, 7) is 2.11. The Morgan fingerprint density at radius 2 is 1.89 bits per heavy atom. The van der Waals surface area contributed by atoms with Crippen LogP contribution in [0.5, 0.6) is 0 Å². The Morgan fingerprint density at radius 3 is 2.50 bits per heavy atom. The van der Waals surface area contributed by atoms with Crippen LogP contribution in [-0.2, 0) is 6.42 Å². The summed E-state index contributed by atoms with van der Waals surface area (Å²) in [5.74, 6) is 1.16. The minimum atomic E-state index is -0.252. The van der Waals surface area contributed by atoms with E-state index in [1.54, 1.807) is 12.1 Å². The van der Waals surface area contributed by atoms with Crippen molar-refractivity contribution in [2.24, 2.45) is 0 Å². The lowest BCUT2D eigenvalue weighted by molar-refractivity contribution is 0.628. The molecule has 1 aromatic carbocycles. The molecule has 0 saturated carbocycles. The Morgan fingerprint density at radius 1 is 1.17 bits per heavy atom. The fraction of sp³-hybridized carbons (Fsp3) is 0.286. The zero-order chi connectivity index (χ0) is 13.0. The number of hydrogen-bond donors (Lipinski definition) is 1. The molecule has 0 saturated heterocycles. The van der Waals surface area contributed by atoms with Gasteiger partial charge >= 0.3 is 0 Å². The summed E-state index contributed by atoms with van der Waals surface area (Å²) in [4.78, 5) is 8.89. The predicted molar refractivity (Wildman–Crippen MR) is 71.0 cm³/mol. The van der Waals surface area contributed by atoms with E-state index in [9.17, 15) is 4.39 Å². The molecule has 2 aromatic rings. The lowest BCUT2D eigenvalue weighted by atomic mass is 10.2. The van der Waals surface area contributed by atoms with E-state index in [1.165, 1.54) is 12.1 Å². The quantitative estimate of drug-likeness (QED) is 0.898. The monoisotopic (exact) mass is 245 g/mol. The van der Waals surface area contributed by atoms with Gasteiger partial charge in [-0.3, -0.25) is 0 Å². The Labute approximate surface area is 106 Å². The van der Waals surface area contributed by atoms with Gasteiger partial charge in [0.15, 0.2) is 5.82 Å². The minimum Gasteiger partial charge on any atom is -0.373 e. The third-order valence-electron chi connectivity index (χ3n) is 2.64. The molecule has 0 unspecified atom stereocenters. The van der Waals surface area contributed by atoms with Gasteiger partial charge in [-0.05, 0) is 30.7 Å². The van der Waals surface area contributed by atoms with Gasteiger partial charge in [0.25, 0.3) is 0 Å². The molecule has 0 amide bonds. The van der Waals surface area contributed by atoms with E-state index in [-0.39, 0.29) is 5.82 Å². The Balaban J connectivity index is 2.42. The number of rotatable bonds is 4. The summed E-state index contributed by atoms with van der Waals surface area (Å²) in [5.41, 5.74) is 1.82. The molecule has 3 nitrogen and oxygen atoms in total. The molecule has 0 bridgehead atoms. The van der Waals surface area contributed by atoms with Gasteiger partial charge in [-0.25, -0.2) is 14.4 Å². The summed E-state index contributed by atoms with van der Waals surface area (Å²) in [7, 11) is 1.83. The molecule has 4 heteroatoms. The molecule has 1 N–H and O–H groups in total. The second-order valence-corrected chi connectivity index (χ2v) is 4.08. The molecule has 0 radical (unpaired) electrons. The number of anilines is 1. The molecule has 0 aliphatic heterocycles. The second kappa shape index (κ2) is 5.58. The van der Waals surface area contributed by atoms with E-state index >= 15 is 0 Å². The Bertz CT molecular complexity index is 523. The number of hydrogen-bond acceptors (Lipinski definition) is 3. The lowest BCUT2D eigenvalue weighted by Crippen LogP contribution is -2.00. The van der Waals surface area contributed by atoms with Crippen LogP contribution >= 0.6 is 0 Å². The fourth-order valence-corrected chi connectivity index (χ4v) is 1.74. The van der Waals surface area contributed by atoms with Crippen molar-refractivity contribution in [1.82, 2.24) is 9.97 Å². The van der Waals surface area contributed by atoms with Crippen molar-refractivity contribution in [3.8, 4) is 11.4 Å². The molecule has 94 valence electrons. The maximum Gasteiger partial charge on any atom is 0.161 e. The van der Waals surface area contributed by atoms with Crippen LogP contribution in [0.25, 0.3) is 11.4 Å². The summed E-state index contributed by atoms with van der Waals surface area (Å²) in [6, 6.07) is 8.17. The van der Waals surface area contributed by atoms with Crippen molar-refractivity contribution in [1.29, 1.82) is 0 Å². The van der Waals surface area contributed by atoms with Crippen molar-refractivity contribution in [3.63, 3.8) is 0 Å². The van der Waals surface area contributed by atoms with E-state index in [1.807, 2.05) is 13.1 Å². The van der Waals surface area contributed by atoms with Crippen LogP contribution in [0.2, 0.25) is 0 Å². The molecule has 0 spiro atoms. The molecular formula is C14H16FN3. The summed E-state index contributed by atoms with van der Waals surface area (Å²) >= 11 is 0. The highest BCUT2D eigenvalue weighted by molar-refractivity contribution is 5.57. The highest BCUT2D eigenvalue weighted by atomic mass is 19.1. The van der Waals surface area contributed by atoms with Gasteiger partial charge in [-0.15, -0.1) is 0 Å². The van der Waals surface area contributed by atoms with Gasteiger partial charge in [0, 0.05) is 24.4 Å². The van der Waals surface area contributed by atoms with Crippen LogP contribution in [0, 0.1) is 5.82 Å². The highest BCUT2D eigenvalue weighted by Gasteiger charge is 2.06. The zero-order valence-corrected chi connectivity index (χ0v) is 10.6. The van der Waals surface area contributed by atoms with Gasteiger partial charge < -0.3 is 5.32 Å². The molecular weight excluding hydrogens is 229 g/mol. The maximum absolute atomic E-state index is 12.9. The van der Waals surface area contributed by atoms with Gasteiger partial charge in [-0.2, -0.15) is 0 Å². The van der Waals surface area contributed by atoms with Crippen molar-refractivity contribution in [2.75, 3.05) is 12.4 Å². The van der Waals surface area contributed by atoms with E-state index in [4.69, 9.17) is 0 Å². The number of aromatic nitrogens is 2. The van der Waals surface area contributed by atoms with E-state index in [0.29, 0.717) is 5.82 Å². The average Bonchev–Trinajstić information content (AvgIpc) is 2.39. The molecule has 2 rings (SSSR count). The van der Waals surface area contributed by atoms with Gasteiger partial charge in [0.1, 0.15) is 11.6 Å². The first-order valence-electron chi connectivity index (χ1n) is 6.04. The molecule has 18 heavy (non-hydrogen) atoms. The van der Waals surface area contributed by atoms with Crippen molar-refractivity contribution >= 4 is 5.82 Å². The largest absolute Gasteiger partial charge is 0.373 e. The molecule has 1 heterocycles. The third-order valence-corrected chi connectivity index (χ3v) is 2.64. The molecule has 0 fully saturated rings. The van der Waals surface area contributed by atoms with Crippen LogP contribution in [0.15, 0.2) is 30.3 Å². The Kier molecular flexibility index (Phi) is 3.87. The molecule has 1 aromatic heterocycles. The van der Waals surface area contributed by atoms with Crippen LogP contribution in [0.1, 0.15) is 19.0 Å². The second-order valence-electron chi connectivity index (χ2n) is 4.08. The van der Waals surface area contributed by atoms with Crippen molar-refractivity contribution in [2.45, 2.75) is 19.8 Å². The van der Waals surface area contributed by atoms with E-state index in [2.05, 4.69) is 22.2 Å². The molecule has 0 aliphatic rings. The molecule has 0 aliphatic carbocycles. The Hall–Kier alpha value is -1.97. The van der Waals surface area contributed by atoms with Gasteiger partial charge in [-0.1, -0.05) is 13.3 Å². The highest BCUT2D eigenvalue weighted by Crippen LogP contribution is 2.18. The van der Waals surface area contributed by atoms with Gasteiger partial charge in [0.05, 0.1) is 0 Å². The number of benzene rings is 1. The summed E-state index contributed by atoms with van der Waals surface area (Å²) < 4.78 is 12.9. The number of aryl methyl sites for hydroxylation is 1. The maximum atomic E-state index is 12.9.